The number of fused-ring (bicyclic) bond motifs is 1. The van der Waals surface area contributed by atoms with Crippen molar-refractivity contribution in [1.82, 2.24) is 30.1 Å². The summed E-state index contributed by atoms with van der Waals surface area (Å²) in [6, 6.07) is 5.79. The van der Waals surface area contributed by atoms with Gasteiger partial charge in [0.2, 0.25) is 5.91 Å². The maximum atomic E-state index is 12.0. The molecule has 108 valence electrons. The van der Waals surface area contributed by atoms with Gasteiger partial charge in [-0.05, 0) is 19.1 Å². The van der Waals surface area contributed by atoms with E-state index >= 15 is 0 Å². The molecule has 0 saturated carbocycles. The first-order chi connectivity index (χ1) is 10.2. The summed E-state index contributed by atoms with van der Waals surface area (Å²) >= 11 is 0. The van der Waals surface area contributed by atoms with Crippen molar-refractivity contribution in [3.63, 3.8) is 0 Å². The molecule has 3 rings (SSSR count). The third-order valence-electron chi connectivity index (χ3n) is 3.33. The molecule has 0 aliphatic rings. The van der Waals surface area contributed by atoms with E-state index in [1.807, 2.05) is 35.7 Å². The predicted octanol–water partition coefficient (Wildman–Crippen LogP) is 0.662. The van der Waals surface area contributed by atoms with Gasteiger partial charge in [-0.25, -0.2) is 4.98 Å². The van der Waals surface area contributed by atoms with Crippen LogP contribution in [0.2, 0.25) is 0 Å². The largest absolute Gasteiger partial charge is 0.355 e. The first-order valence-corrected chi connectivity index (χ1v) is 6.78. The topological polar surface area (TPSA) is 88.0 Å². The van der Waals surface area contributed by atoms with Gasteiger partial charge < -0.3 is 9.72 Å². The molecule has 2 N–H and O–H groups in total. The van der Waals surface area contributed by atoms with Gasteiger partial charge in [-0.2, -0.15) is 15.4 Å². The van der Waals surface area contributed by atoms with E-state index in [0.29, 0.717) is 19.4 Å². The Hall–Kier alpha value is -2.70. The lowest BCUT2D eigenvalue weighted by molar-refractivity contribution is -0.120. The Kier molecular flexibility index (Phi) is 3.63. The number of carbonyl (C=O) groups excluding carboxylic acids is 1. The van der Waals surface area contributed by atoms with Gasteiger partial charge in [0.1, 0.15) is 5.65 Å². The molecule has 3 aromatic heterocycles. The van der Waals surface area contributed by atoms with Crippen LogP contribution in [0.3, 0.4) is 0 Å². The van der Waals surface area contributed by atoms with E-state index in [0.717, 1.165) is 22.7 Å². The van der Waals surface area contributed by atoms with E-state index < -0.39 is 0 Å². The molecule has 0 unspecified atom stereocenters. The molecule has 7 nitrogen and oxygen atoms in total. The SMILES string of the molecule is Cc1nc2ccccn2c1CC(=O)NCCc1cn[nH]n1. The Labute approximate surface area is 121 Å². The van der Waals surface area contributed by atoms with Gasteiger partial charge in [0.05, 0.1) is 29.7 Å². The van der Waals surface area contributed by atoms with Gasteiger partial charge in [-0.1, -0.05) is 6.07 Å². The van der Waals surface area contributed by atoms with E-state index in [9.17, 15) is 4.79 Å². The van der Waals surface area contributed by atoms with Gasteiger partial charge in [0.25, 0.3) is 0 Å². The molecule has 0 aliphatic heterocycles. The van der Waals surface area contributed by atoms with Crippen molar-refractivity contribution in [2.45, 2.75) is 19.8 Å². The van der Waals surface area contributed by atoms with Crippen LogP contribution in [0.4, 0.5) is 0 Å². The van der Waals surface area contributed by atoms with Crippen molar-refractivity contribution in [1.29, 1.82) is 0 Å². The van der Waals surface area contributed by atoms with Crippen LogP contribution in [0.1, 0.15) is 17.1 Å². The molecular formula is C14H16N6O. The van der Waals surface area contributed by atoms with E-state index in [-0.39, 0.29) is 5.91 Å². The summed E-state index contributed by atoms with van der Waals surface area (Å²) in [5.41, 5.74) is 3.50. The number of hydrogen-bond acceptors (Lipinski definition) is 4. The zero-order valence-corrected chi connectivity index (χ0v) is 11.7. The molecule has 1 amide bonds. The summed E-state index contributed by atoms with van der Waals surface area (Å²) in [5.74, 6) is -0.0211. The molecular weight excluding hydrogens is 268 g/mol. The Morgan fingerprint density at radius 1 is 1.43 bits per heavy atom. The van der Waals surface area contributed by atoms with Crippen LogP contribution in [-0.2, 0) is 17.6 Å². The predicted molar refractivity (Wildman–Crippen MR) is 76.7 cm³/mol. The van der Waals surface area contributed by atoms with Crippen LogP contribution in [0.25, 0.3) is 5.65 Å². The van der Waals surface area contributed by atoms with Crippen LogP contribution < -0.4 is 5.32 Å². The number of amides is 1. The highest BCUT2D eigenvalue weighted by Gasteiger charge is 2.12. The van der Waals surface area contributed by atoms with Gasteiger partial charge in [0.15, 0.2) is 0 Å². The average Bonchev–Trinajstić information content (AvgIpc) is 3.08. The molecule has 0 atom stereocenters. The van der Waals surface area contributed by atoms with E-state index in [2.05, 4.69) is 25.7 Å². The third kappa shape index (κ3) is 2.91. The number of nitrogens with one attached hydrogen (secondary N) is 2. The maximum absolute atomic E-state index is 12.0. The summed E-state index contributed by atoms with van der Waals surface area (Å²) < 4.78 is 1.95. The molecule has 21 heavy (non-hydrogen) atoms. The Bertz CT molecular complexity index is 746. The number of aromatic nitrogens is 5. The first kappa shape index (κ1) is 13.3. The molecule has 3 aromatic rings. The molecule has 0 aromatic carbocycles. The molecule has 0 aliphatic carbocycles. The normalized spacial score (nSPS) is 10.9. The number of aryl methyl sites for hydroxylation is 1. The fourth-order valence-electron chi connectivity index (χ4n) is 2.27. The van der Waals surface area contributed by atoms with Crippen molar-refractivity contribution < 1.29 is 4.79 Å². The van der Waals surface area contributed by atoms with Gasteiger partial charge >= 0.3 is 0 Å². The molecule has 0 bridgehead atoms. The lowest BCUT2D eigenvalue weighted by Crippen LogP contribution is -2.28. The summed E-state index contributed by atoms with van der Waals surface area (Å²) in [6.07, 6.45) is 4.55. The standard InChI is InChI=1S/C14H16N6O/c1-10-12(20-7-3-2-4-13(20)17-10)8-14(21)15-6-5-11-9-16-19-18-11/h2-4,7,9H,5-6,8H2,1H3,(H,15,21)(H,16,18,19). The quantitative estimate of drug-likeness (QED) is 0.720. The Morgan fingerprint density at radius 2 is 2.33 bits per heavy atom. The molecule has 3 heterocycles. The number of H-pyrrole nitrogens is 1. The van der Waals surface area contributed by atoms with Gasteiger partial charge in [-0.15, -0.1) is 0 Å². The average molecular weight is 284 g/mol. The highest BCUT2D eigenvalue weighted by atomic mass is 16.1. The lowest BCUT2D eigenvalue weighted by atomic mass is 10.2. The lowest BCUT2D eigenvalue weighted by Gasteiger charge is -2.05. The highest BCUT2D eigenvalue weighted by molar-refractivity contribution is 5.78. The summed E-state index contributed by atoms with van der Waals surface area (Å²) in [4.78, 5) is 16.5. The number of hydrogen-bond donors (Lipinski definition) is 2. The van der Waals surface area contributed by atoms with Crippen molar-refractivity contribution in [3.05, 3.63) is 47.7 Å². The fourth-order valence-corrected chi connectivity index (χ4v) is 2.27. The number of pyridine rings is 1. The number of rotatable bonds is 5. The van der Waals surface area contributed by atoms with Gasteiger partial charge in [0, 0.05) is 19.2 Å². The second-order valence-electron chi connectivity index (χ2n) is 4.81. The first-order valence-electron chi connectivity index (χ1n) is 6.78. The number of aromatic amines is 1. The van der Waals surface area contributed by atoms with Crippen LogP contribution >= 0.6 is 0 Å². The highest BCUT2D eigenvalue weighted by Crippen LogP contribution is 2.12. The summed E-state index contributed by atoms with van der Waals surface area (Å²) in [5, 5.41) is 13.1. The smallest absolute Gasteiger partial charge is 0.226 e. The minimum absolute atomic E-state index is 0.0211. The third-order valence-corrected chi connectivity index (χ3v) is 3.33. The van der Waals surface area contributed by atoms with Gasteiger partial charge in [-0.3, -0.25) is 4.79 Å². The Morgan fingerprint density at radius 3 is 3.14 bits per heavy atom. The van der Waals surface area contributed by atoms with Crippen LogP contribution in [0.15, 0.2) is 30.6 Å². The van der Waals surface area contributed by atoms with Crippen molar-refractivity contribution in [2.24, 2.45) is 0 Å². The summed E-state index contributed by atoms with van der Waals surface area (Å²) in [6.45, 7) is 2.46. The van der Waals surface area contributed by atoms with E-state index in [4.69, 9.17) is 0 Å². The maximum Gasteiger partial charge on any atom is 0.226 e. The zero-order chi connectivity index (χ0) is 14.7. The Balaban J connectivity index is 1.62. The van der Waals surface area contributed by atoms with Crippen molar-refractivity contribution in [2.75, 3.05) is 6.54 Å². The van der Waals surface area contributed by atoms with Crippen LogP contribution in [-0.4, -0.2) is 37.2 Å². The minimum atomic E-state index is -0.0211. The molecule has 0 spiro atoms. The molecule has 0 saturated heterocycles. The summed E-state index contributed by atoms with van der Waals surface area (Å²) in [7, 11) is 0. The monoisotopic (exact) mass is 284 g/mol. The second kappa shape index (κ2) is 5.74. The second-order valence-corrected chi connectivity index (χ2v) is 4.81. The molecule has 0 fully saturated rings. The van der Waals surface area contributed by atoms with Crippen molar-refractivity contribution in [3.8, 4) is 0 Å². The number of imidazole rings is 1. The van der Waals surface area contributed by atoms with Crippen LogP contribution in [0.5, 0.6) is 0 Å². The van der Waals surface area contributed by atoms with Crippen LogP contribution in [0, 0.1) is 6.92 Å². The number of carbonyl (C=O) groups is 1. The fraction of sp³-hybridized carbons (Fsp3) is 0.286. The number of nitrogens with zero attached hydrogens (tertiary/aromatic N) is 4. The van der Waals surface area contributed by atoms with E-state index in [1.54, 1.807) is 6.20 Å². The van der Waals surface area contributed by atoms with Crippen molar-refractivity contribution >= 4 is 11.6 Å². The zero-order valence-electron chi connectivity index (χ0n) is 11.7. The molecule has 0 radical (unpaired) electrons. The molecule has 7 heteroatoms. The van der Waals surface area contributed by atoms with E-state index in [1.165, 1.54) is 0 Å². The minimum Gasteiger partial charge on any atom is -0.355 e.